The van der Waals surface area contributed by atoms with E-state index < -0.39 is 5.54 Å². The van der Waals surface area contributed by atoms with Gasteiger partial charge < -0.3 is 10.0 Å². The van der Waals surface area contributed by atoms with Gasteiger partial charge in [-0.15, -0.1) is 0 Å². The molecule has 0 saturated heterocycles. The van der Waals surface area contributed by atoms with Gasteiger partial charge in [-0.3, -0.25) is 0 Å². The molecule has 0 aliphatic carbocycles. The van der Waals surface area contributed by atoms with E-state index in [-0.39, 0.29) is 6.61 Å². The van der Waals surface area contributed by atoms with Crippen LogP contribution in [0.25, 0.3) is 0 Å². The topological polar surface area (TPSA) is 47.3 Å². The molecule has 0 saturated carbocycles. The zero-order valence-electron chi connectivity index (χ0n) is 9.66. The van der Waals surface area contributed by atoms with Crippen molar-refractivity contribution in [3.8, 4) is 6.07 Å². The molecule has 0 atom stereocenters. The summed E-state index contributed by atoms with van der Waals surface area (Å²) in [4.78, 5) is 1.88. The standard InChI is InChI=1S/C12H15ClN2O/c1-12(2,8-16)15(3)11-5-4-10(13)6-9(11)7-14/h4-6,16H,8H2,1-3H3. The first kappa shape index (κ1) is 12.8. The molecule has 0 spiro atoms. The lowest BCUT2D eigenvalue weighted by Crippen LogP contribution is -2.44. The van der Waals surface area contributed by atoms with Crippen LogP contribution in [-0.2, 0) is 0 Å². The Labute approximate surface area is 101 Å². The first-order valence-corrected chi connectivity index (χ1v) is 5.34. The van der Waals surface area contributed by atoms with Crippen LogP contribution in [0.2, 0.25) is 5.02 Å². The van der Waals surface area contributed by atoms with Crippen LogP contribution >= 0.6 is 11.6 Å². The van der Waals surface area contributed by atoms with E-state index in [2.05, 4.69) is 6.07 Å². The molecule has 16 heavy (non-hydrogen) atoms. The van der Waals surface area contributed by atoms with E-state index in [1.54, 1.807) is 18.2 Å². The van der Waals surface area contributed by atoms with Crippen molar-refractivity contribution in [3.63, 3.8) is 0 Å². The number of halogens is 1. The minimum atomic E-state index is -0.417. The van der Waals surface area contributed by atoms with E-state index in [0.29, 0.717) is 10.6 Å². The molecule has 0 bridgehead atoms. The molecule has 1 N–H and O–H groups in total. The molecule has 0 unspecified atom stereocenters. The molecule has 1 rings (SSSR count). The molecule has 1 aromatic carbocycles. The van der Waals surface area contributed by atoms with Crippen LogP contribution in [0.15, 0.2) is 18.2 Å². The van der Waals surface area contributed by atoms with Crippen LogP contribution in [-0.4, -0.2) is 24.3 Å². The molecule has 0 heterocycles. The van der Waals surface area contributed by atoms with E-state index in [1.807, 2.05) is 25.8 Å². The highest BCUT2D eigenvalue weighted by atomic mass is 35.5. The fraction of sp³-hybridized carbons (Fsp3) is 0.417. The van der Waals surface area contributed by atoms with E-state index in [0.717, 1.165) is 5.69 Å². The van der Waals surface area contributed by atoms with Gasteiger partial charge in [-0.1, -0.05) is 11.6 Å². The maximum Gasteiger partial charge on any atom is 0.101 e. The highest BCUT2D eigenvalue weighted by Crippen LogP contribution is 2.27. The average Bonchev–Trinajstić information content (AvgIpc) is 2.27. The predicted molar refractivity (Wildman–Crippen MR) is 65.7 cm³/mol. The van der Waals surface area contributed by atoms with Crippen molar-refractivity contribution in [1.29, 1.82) is 5.26 Å². The number of anilines is 1. The second kappa shape index (κ2) is 4.73. The second-order valence-electron chi connectivity index (χ2n) is 4.30. The summed E-state index contributed by atoms with van der Waals surface area (Å²) in [7, 11) is 1.85. The van der Waals surface area contributed by atoms with Gasteiger partial charge in [-0.25, -0.2) is 0 Å². The molecule has 0 aliphatic heterocycles. The SMILES string of the molecule is CN(c1ccc(Cl)cc1C#N)C(C)(C)CO. The third-order valence-corrected chi connectivity index (χ3v) is 2.97. The number of aliphatic hydroxyl groups is 1. The highest BCUT2D eigenvalue weighted by molar-refractivity contribution is 6.30. The van der Waals surface area contributed by atoms with Crippen LogP contribution < -0.4 is 4.90 Å². The van der Waals surface area contributed by atoms with Gasteiger partial charge in [0.25, 0.3) is 0 Å². The Kier molecular flexibility index (Phi) is 3.79. The molecule has 0 radical (unpaired) electrons. The Morgan fingerprint density at radius 1 is 1.50 bits per heavy atom. The number of hydrogen-bond donors (Lipinski definition) is 1. The fourth-order valence-electron chi connectivity index (χ4n) is 1.32. The normalized spacial score (nSPS) is 11.0. The minimum Gasteiger partial charge on any atom is -0.394 e. The third kappa shape index (κ3) is 2.46. The van der Waals surface area contributed by atoms with Gasteiger partial charge in [0.1, 0.15) is 6.07 Å². The largest absolute Gasteiger partial charge is 0.394 e. The lowest BCUT2D eigenvalue weighted by molar-refractivity contribution is 0.216. The molecular weight excluding hydrogens is 224 g/mol. The number of aliphatic hydroxyl groups excluding tert-OH is 1. The van der Waals surface area contributed by atoms with Gasteiger partial charge in [-0.2, -0.15) is 5.26 Å². The molecule has 4 heteroatoms. The monoisotopic (exact) mass is 238 g/mol. The van der Waals surface area contributed by atoms with E-state index in [1.165, 1.54) is 0 Å². The Balaban J connectivity index is 3.19. The van der Waals surface area contributed by atoms with Gasteiger partial charge in [0.15, 0.2) is 0 Å². The maximum absolute atomic E-state index is 9.29. The number of likely N-dealkylation sites (N-methyl/N-ethyl adjacent to an activating group) is 1. The van der Waals surface area contributed by atoms with Crippen molar-refractivity contribution < 1.29 is 5.11 Å². The minimum absolute atomic E-state index is 0.0109. The van der Waals surface area contributed by atoms with Crippen LogP contribution in [0.4, 0.5) is 5.69 Å². The predicted octanol–water partition coefficient (Wildman–Crippen LogP) is 2.42. The van der Waals surface area contributed by atoms with Crippen molar-refractivity contribution >= 4 is 17.3 Å². The third-order valence-electron chi connectivity index (χ3n) is 2.74. The summed E-state index contributed by atoms with van der Waals surface area (Å²) >= 11 is 5.83. The van der Waals surface area contributed by atoms with E-state index in [9.17, 15) is 5.11 Å². The Morgan fingerprint density at radius 3 is 2.62 bits per heavy atom. The van der Waals surface area contributed by atoms with Crippen molar-refractivity contribution in [3.05, 3.63) is 28.8 Å². The summed E-state index contributed by atoms with van der Waals surface area (Å²) in [5.41, 5.74) is 0.863. The van der Waals surface area contributed by atoms with Crippen LogP contribution in [0, 0.1) is 11.3 Å². The summed E-state index contributed by atoms with van der Waals surface area (Å²) < 4.78 is 0. The zero-order valence-corrected chi connectivity index (χ0v) is 10.4. The molecule has 0 aromatic heterocycles. The Morgan fingerprint density at radius 2 is 2.12 bits per heavy atom. The summed E-state index contributed by atoms with van der Waals surface area (Å²) in [5, 5.41) is 18.9. The molecule has 0 amide bonds. The lowest BCUT2D eigenvalue weighted by Gasteiger charge is -2.36. The number of nitriles is 1. The fourth-order valence-corrected chi connectivity index (χ4v) is 1.49. The number of nitrogens with zero attached hydrogens (tertiary/aromatic N) is 2. The highest BCUT2D eigenvalue weighted by Gasteiger charge is 2.24. The lowest BCUT2D eigenvalue weighted by atomic mass is 10.0. The number of rotatable bonds is 3. The van der Waals surface area contributed by atoms with Crippen molar-refractivity contribution in [2.45, 2.75) is 19.4 Å². The Bertz CT molecular complexity index is 424. The zero-order chi connectivity index (χ0) is 12.3. The first-order valence-electron chi connectivity index (χ1n) is 4.96. The number of hydrogen-bond acceptors (Lipinski definition) is 3. The van der Waals surface area contributed by atoms with Gasteiger partial charge >= 0.3 is 0 Å². The second-order valence-corrected chi connectivity index (χ2v) is 4.74. The van der Waals surface area contributed by atoms with E-state index >= 15 is 0 Å². The van der Waals surface area contributed by atoms with E-state index in [4.69, 9.17) is 16.9 Å². The molecule has 0 aliphatic rings. The molecule has 0 fully saturated rings. The summed E-state index contributed by atoms with van der Waals surface area (Å²) in [6.07, 6.45) is 0. The summed E-state index contributed by atoms with van der Waals surface area (Å²) in [6.45, 7) is 3.82. The average molecular weight is 239 g/mol. The Hall–Kier alpha value is -1.24. The van der Waals surface area contributed by atoms with Crippen LogP contribution in [0.1, 0.15) is 19.4 Å². The van der Waals surface area contributed by atoms with Crippen LogP contribution in [0.3, 0.4) is 0 Å². The van der Waals surface area contributed by atoms with Gasteiger partial charge in [0, 0.05) is 12.1 Å². The summed E-state index contributed by atoms with van der Waals surface area (Å²) in [5.74, 6) is 0. The molecule has 1 aromatic rings. The van der Waals surface area contributed by atoms with Crippen molar-refractivity contribution in [1.82, 2.24) is 0 Å². The quantitative estimate of drug-likeness (QED) is 0.880. The smallest absolute Gasteiger partial charge is 0.101 e. The molecule has 3 nitrogen and oxygen atoms in total. The molecule has 86 valence electrons. The van der Waals surface area contributed by atoms with Crippen molar-refractivity contribution in [2.75, 3.05) is 18.6 Å². The van der Waals surface area contributed by atoms with Gasteiger partial charge in [0.2, 0.25) is 0 Å². The van der Waals surface area contributed by atoms with Crippen LogP contribution in [0.5, 0.6) is 0 Å². The summed E-state index contributed by atoms with van der Waals surface area (Å²) in [6, 6.07) is 7.26. The maximum atomic E-state index is 9.29. The van der Waals surface area contributed by atoms with Gasteiger partial charge in [0.05, 0.1) is 23.4 Å². The van der Waals surface area contributed by atoms with Gasteiger partial charge in [-0.05, 0) is 32.0 Å². The number of benzene rings is 1. The van der Waals surface area contributed by atoms with Crippen molar-refractivity contribution in [2.24, 2.45) is 0 Å². The molecular formula is C12H15ClN2O. The first-order chi connectivity index (χ1) is 7.42.